The highest BCUT2D eigenvalue weighted by Gasteiger charge is 2.33. The molecule has 0 aromatic carbocycles. The fraction of sp³-hybridized carbons (Fsp3) is 0.125. The molecule has 0 amide bonds. The first-order valence-corrected chi connectivity index (χ1v) is 4.42. The third kappa shape index (κ3) is 2.33. The lowest BCUT2D eigenvalue weighted by molar-refractivity contribution is -0.141. The van der Waals surface area contributed by atoms with Crippen molar-refractivity contribution < 1.29 is 13.2 Å². The number of hydrogen-bond acceptors (Lipinski definition) is 5. The monoisotopic (exact) mass is 244 g/mol. The van der Waals surface area contributed by atoms with Crippen molar-refractivity contribution in [2.24, 2.45) is 5.84 Å². The number of nitrogen functional groups attached to an aromatic ring is 1. The van der Waals surface area contributed by atoms with E-state index in [1.165, 1.54) is 12.4 Å². The molecule has 2 aromatic rings. The van der Waals surface area contributed by atoms with Gasteiger partial charge in [-0.25, -0.2) is 20.5 Å². The van der Waals surface area contributed by atoms with Crippen molar-refractivity contribution in [2.45, 2.75) is 6.18 Å². The van der Waals surface area contributed by atoms with Crippen LogP contribution in [-0.4, -0.2) is 19.7 Å². The van der Waals surface area contributed by atoms with E-state index in [0.29, 0.717) is 0 Å². The summed E-state index contributed by atoms with van der Waals surface area (Å²) in [6.07, 6.45) is -2.15. The predicted octanol–water partition coefficient (Wildman–Crippen LogP) is 0.967. The molecule has 9 heteroatoms. The molecule has 3 N–H and O–H groups in total. The number of hydrogen-bond donors (Lipinski definition) is 2. The van der Waals surface area contributed by atoms with Crippen molar-refractivity contribution in [1.29, 1.82) is 0 Å². The Balaban J connectivity index is 2.37. The van der Waals surface area contributed by atoms with Crippen LogP contribution < -0.4 is 11.3 Å². The Morgan fingerprint density at radius 3 is 2.65 bits per heavy atom. The van der Waals surface area contributed by atoms with Gasteiger partial charge in [0.05, 0.1) is 0 Å². The van der Waals surface area contributed by atoms with Gasteiger partial charge in [-0.2, -0.15) is 18.3 Å². The first-order chi connectivity index (χ1) is 8.00. The molecule has 0 spiro atoms. The Bertz CT molecular complexity index is 520. The number of hydrazine groups is 1. The molecule has 0 aliphatic rings. The quantitative estimate of drug-likeness (QED) is 0.607. The summed E-state index contributed by atoms with van der Waals surface area (Å²) in [5.74, 6) is 5.58. The topological polar surface area (TPSA) is 81.6 Å². The summed E-state index contributed by atoms with van der Waals surface area (Å²) in [6, 6.07) is 2.23. The molecule has 0 saturated carbocycles. The van der Waals surface area contributed by atoms with Crippen molar-refractivity contribution in [1.82, 2.24) is 19.7 Å². The molecule has 0 aliphatic carbocycles. The summed E-state index contributed by atoms with van der Waals surface area (Å²) >= 11 is 0. The number of anilines is 1. The lowest BCUT2D eigenvalue weighted by Crippen LogP contribution is -2.11. The van der Waals surface area contributed by atoms with Gasteiger partial charge < -0.3 is 5.43 Å². The second kappa shape index (κ2) is 4.01. The SMILES string of the molecule is NNc1cc(-n2ccc(C(F)(F)F)n2)ncn1. The zero-order valence-electron chi connectivity index (χ0n) is 8.31. The summed E-state index contributed by atoms with van der Waals surface area (Å²) in [5, 5.41) is 3.36. The highest BCUT2D eigenvalue weighted by molar-refractivity contribution is 5.38. The third-order valence-corrected chi connectivity index (χ3v) is 1.91. The molecule has 0 saturated heterocycles. The number of aromatic nitrogens is 4. The van der Waals surface area contributed by atoms with Crippen molar-refractivity contribution in [2.75, 3.05) is 5.43 Å². The first kappa shape index (κ1) is 11.3. The molecule has 2 aromatic heterocycles. The van der Waals surface area contributed by atoms with E-state index in [4.69, 9.17) is 5.84 Å². The molecule has 0 aliphatic heterocycles. The summed E-state index contributed by atoms with van der Waals surface area (Å²) in [7, 11) is 0. The van der Waals surface area contributed by atoms with Crippen LogP contribution in [0.15, 0.2) is 24.7 Å². The summed E-state index contributed by atoms with van der Waals surface area (Å²) in [6.45, 7) is 0. The molecule has 2 heterocycles. The van der Waals surface area contributed by atoms with E-state index >= 15 is 0 Å². The summed E-state index contributed by atoms with van der Waals surface area (Å²) in [5.41, 5.74) is 1.27. The van der Waals surface area contributed by atoms with Crippen molar-refractivity contribution in [3.8, 4) is 5.82 Å². The Kier molecular flexibility index (Phi) is 2.68. The maximum Gasteiger partial charge on any atom is 0.435 e. The largest absolute Gasteiger partial charge is 0.435 e. The second-order valence-electron chi connectivity index (χ2n) is 3.05. The van der Waals surface area contributed by atoms with Crippen LogP contribution in [0.3, 0.4) is 0 Å². The molecule has 0 fully saturated rings. The van der Waals surface area contributed by atoms with Gasteiger partial charge in [0.25, 0.3) is 0 Å². The van der Waals surface area contributed by atoms with Crippen molar-refractivity contribution in [3.05, 3.63) is 30.4 Å². The molecule has 90 valence electrons. The average Bonchev–Trinajstić information content (AvgIpc) is 2.78. The zero-order valence-corrected chi connectivity index (χ0v) is 8.31. The molecule has 2 rings (SSSR count). The molecular formula is C8H7F3N6. The van der Waals surface area contributed by atoms with Crippen LogP contribution in [0.4, 0.5) is 19.0 Å². The Labute approximate surface area is 93.3 Å². The first-order valence-electron chi connectivity index (χ1n) is 4.42. The lowest BCUT2D eigenvalue weighted by atomic mass is 10.4. The summed E-state index contributed by atoms with van der Waals surface area (Å²) in [4.78, 5) is 7.51. The number of alkyl halides is 3. The average molecular weight is 244 g/mol. The van der Waals surface area contributed by atoms with E-state index in [1.54, 1.807) is 0 Å². The van der Waals surface area contributed by atoms with Crippen molar-refractivity contribution >= 4 is 5.82 Å². The molecule has 0 atom stereocenters. The number of nitrogens with two attached hydrogens (primary N) is 1. The Morgan fingerprint density at radius 1 is 1.29 bits per heavy atom. The van der Waals surface area contributed by atoms with Gasteiger partial charge in [-0.15, -0.1) is 0 Å². The van der Waals surface area contributed by atoms with Crippen LogP contribution in [-0.2, 0) is 6.18 Å². The summed E-state index contributed by atoms with van der Waals surface area (Å²) < 4.78 is 38.0. The van der Waals surface area contributed by atoms with Gasteiger partial charge in [-0.05, 0) is 6.07 Å². The Morgan fingerprint density at radius 2 is 2.06 bits per heavy atom. The number of rotatable bonds is 2. The molecular weight excluding hydrogens is 237 g/mol. The predicted molar refractivity (Wildman–Crippen MR) is 52.0 cm³/mol. The lowest BCUT2D eigenvalue weighted by Gasteiger charge is -2.03. The smallest absolute Gasteiger partial charge is 0.308 e. The van der Waals surface area contributed by atoms with Gasteiger partial charge in [-0.3, -0.25) is 0 Å². The fourth-order valence-corrected chi connectivity index (χ4v) is 1.15. The standard InChI is InChI=1S/C8H7F3N6/c9-8(10,11)5-1-2-17(16-5)7-3-6(15-12)13-4-14-7/h1-4H,12H2,(H,13,14,15). The fourth-order valence-electron chi connectivity index (χ4n) is 1.15. The molecule has 0 bridgehead atoms. The van der Waals surface area contributed by atoms with Gasteiger partial charge >= 0.3 is 6.18 Å². The highest BCUT2D eigenvalue weighted by atomic mass is 19.4. The minimum atomic E-state index is -4.48. The highest BCUT2D eigenvalue weighted by Crippen LogP contribution is 2.27. The van der Waals surface area contributed by atoms with Crippen molar-refractivity contribution in [3.63, 3.8) is 0 Å². The number of nitrogens with one attached hydrogen (secondary N) is 1. The van der Waals surface area contributed by atoms with E-state index < -0.39 is 11.9 Å². The minimum Gasteiger partial charge on any atom is -0.308 e. The van der Waals surface area contributed by atoms with E-state index in [1.807, 2.05) is 0 Å². The Hall–Kier alpha value is -2.16. The third-order valence-electron chi connectivity index (χ3n) is 1.91. The zero-order chi connectivity index (χ0) is 12.5. The van der Waals surface area contributed by atoms with Crippen LogP contribution in [0.1, 0.15) is 5.69 Å². The van der Waals surface area contributed by atoms with Crippen LogP contribution in [0.25, 0.3) is 5.82 Å². The number of halogens is 3. The maximum atomic E-state index is 12.3. The number of nitrogens with zero attached hydrogens (tertiary/aromatic N) is 4. The molecule has 0 radical (unpaired) electrons. The van der Waals surface area contributed by atoms with Crippen LogP contribution >= 0.6 is 0 Å². The molecule has 0 unspecified atom stereocenters. The normalized spacial score (nSPS) is 11.5. The molecule has 17 heavy (non-hydrogen) atoms. The van der Waals surface area contributed by atoms with E-state index in [2.05, 4.69) is 20.5 Å². The van der Waals surface area contributed by atoms with Gasteiger partial charge in [-0.1, -0.05) is 0 Å². The minimum absolute atomic E-state index is 0.184. The van der Waals surface area contributed by atoms with Gasteiger partial charge in [0.1, 0.15) is 12.1 Å². The van der Waals surface area contributed by atoms with Crippen LogP contribution in [0, 0.1) is 0 Å². The van der Waals surface area contributed by atoms with Gasteiger partial charge in [0.2, 0.25) is 0 Å². The van der Waals surface area contributed by atoms with E-state index in [-0.39, 0.29) is 11.6 Å². The maximum absolute atomic E-state index is 12.3. The van der Waals surface area contributed by atoms with E-state index in [0.717, 1.165) is 16.9 Å². The molecule has 6 nitrogen and oxygen atoms in total. The van der Waals surface area contributed by atoms with Crippen LogP contribution in [0.5, 0.6) is 0 Å². The van der Waals surface area contributed by atoms with Crippen LogP contribution in [0.2, 0.25) is 0 Å². The van der Waals surface area contributed by atoms with Gasteiger partial charge in [0, 0.05) is 12.3 Å². The van der Waals surface area contributed by atoms with Gasteiger partial charge in [0.15, 0.2) is 11.5 Å². The van der Waals surface area contributed by atoms with E-state index in [9.17, 15) is 13.2 Å². The second-order valence-corrected chi connectivity index (χ2v) is 3.05.